The molecule has 0 bridgehead atoms. The van der Waals surface area contributed by atoms with Gasteiger partial charge in [0.25, 0.3) is 0 Å². The number of rotatable bonds is 6. The van der Waals surface area contributed by atoms with Crippen LogP contribution in [0.25, 0.3) is 0 Å². The molecule has 0 amide bonds. The monoisotopic (exact) mass is 261 g/mol. The summed E-state index contributed by atoms with van der Waals surface area (Å²) in [5, 5.41) is 0. The fraction of sp³-hybridized carbons (Fsp3) is 0.500. The second-order valence-corrected chi connectivity index (χ2v) is 5.45. The number of nitrogen functional groups attached to an aromatic ring is 1. The van der Waals surface area contributed by atoms with Crippen LogP contribution >= 0.6 is 0 Å². The molecule has 0 fully saturated rings. The lowest BCUT2D eigenvalue weighted by atomic mass is 10.2. The van der Waals surface area contributed by atoms with Crippen molar-refractivity contribution in [1.29, 1.82) is 0 Å². The first-order chi connectivity index (χ1) is 8.06. The topological polar surface area (TPSA) is 43.1 Å². The van der Waals surface area contributed by atoms with Crippen molar-refractivity contribution in [1.82, 2.24) is 0 Å². The van der Waals surface area contributed by atoms with Crippen molar-refractivity contribution in [3.63, 3.8) is 0 Å². The minimum Gasteiger partial charge on any atom is -0.396 e. The second kappa shape index (κ2) is 6.69. The highest BCUT2D eigenvalue weighted by molar-refractivity contribution is 7.85. The second-order valence-electron chi connectivity index (χ2n) is 3.91. The van der Waals surface area contributed by atoms with Crippen molar-refractivity contribution >= 4 is 16.5 Å². The molecule has 17 heavy (non-hydrogen) atoms. The molecule has 5 heteroatoms. The third kappa shape index (κ3) is 4.07. The maximum absolute atomic E-state index is 13.4. The zero-order chi connectivity index (χ0) is 12.8. The van der Waals surface area contributed by atoms with Gasteiger partial charge in [0.1, 0.15) is 11.6 Å². The van der Waals surface area contributed by atoms with Gasteiger partial charge in [0.2, 0.25) is 0 Å². The lowest BCUT2D eigenvalue weighted by Gasteiger charge is -2.05. The molecule has 0 saturated heterocycles. The van der Waals surface area contributed by atoms with E-state index in [1.54, 1.807) is 0 Å². The zero-order valence-electron chi connectivity index (χ0n) is 9.84. The van der Waals surface area contributed by atoms with Crippen LogP contribution in [0.3, 0.4) is 0 Å². The van der Waals surface area contributed by atoms with Gasteiger partial charge in [0, 0.05) is 11.8 Å². The lowest BCUT2D eigenvalue weighted by molar-refractivity contribution is 0.574. The molecule has 0 radical (unpaired) electrons. The van der Waals surface area contributed by atoms with Crippen LogP contribution in [0.5, 0.6) is 0 Å². The summed E-state index contributed by atoms with van der Waals surface area (Å²) in [7, 11) is -1.49. The highest BCUT2D eigenvalue weighted by Gasteiger charge is 2.13. The Kier molecular flexibility index (Phi) is 5.55. The Balaban J connectivity index is 2.66. The standard InChI is InChI=1S/C12H17F2NOS/c1-2-3-4-5-6-17(16)12-8-9(13)11(15)7-10(12)14/h7-8H,2-6,15H2,1H3. The zero-order valence-corrected chi connectivity index (χ0v) is 10.7. The van der Waals surface area contributed by atoms with Crippen molar-refractivity contribution in [2.75, 3.05) is 11.5 Å². The van der Waals surface area contributed by atoms with E-state index in [1.165, 1.54) is 0 Å². The van der Waals surface area contributed by atoms with Crippen LogP contribution in [0.4, 0.5) is 14.5 Å². The molecule has 0 aromatic heterocycles. The van der Waals surface area contributed by atoms with E-state index in [9.17, 15) is 13.0 Å². The Morgan fingerprint density at radius 3 is 2.53 bits per heavy atom. The van der Waals surface area contributed by atoms with Crippen LogP contribution < -0.4 is 5.73 Å². The molecule has 0 aliphatic carbocycles. The number of hydrogen-bond donors (Lipinski definition) is 1. The van der Waals surface area contributed by atoms with Gasteiger partial charge in [-0.05, 0) is 12.5 Å². The molecule has 1 atom stereocenters. The molecule has 1 aromatic carbocycles. The summed E-state index contributed by atoms with van der Waals surface area (Å²) in [6.45, 7) is 2.08. The molecule has 0 saturated carbocycles. The molecule has 96 valence electrons. The molecule has 0 heterocycles. The van der Waals surface area contributed by atoms with E-state index >= 15 is 0 Å². The molecule has 0 aliphatic heterocycles. The average molecular weight is 261 g/mol. The van der Waals surface area contributed by atoms with Crippen LogP contribution in [-0.2, 0) is 10.8 Å². The van der Waals surface area contributed by atoms with Gasteiger partial charge in [0.15, 0.2) is 0 Å². The van der Waals surface area contributed by atoms with Crippen LogP contribution in [-0.4, -0.2) is 9.96 Å². The normalized spacial score (nSPS) is 12.6. The fourth-order valence-electron chi connectivity index (χ4n) is 1.49. The molecule has 0 aliphatic rings. The Morgan fingerprint density at radius 1 is 1.18 bits per heavy atom. The Morgan fingerprint density at radius 2 is 1.88 bits per heavy atom. The summed E-state index contributed by atoms with van der Waals surface area (Å²) >= 11 is 0. The number of unbranched alkanes of at least 4 members (excludes halogenated alkanes) is 3. The number of benzene rings is 1. The molecule has 2 nitrogen and oxygen atoms in total. The maximum Gasteiger partial charge on any atom is 0.147 e. The summed E-state index contributed by atoms with van der Waals surface area (Å²) in [6.07, 6.45) is 3.86. The summed E-state index contributed by atoms with van der Waals surface area (Å²) in [4.78, 5) is -0.0896. The van der Waals surface area contributed by atoms with Crippen LogP contribution in [0.2, 0.25) is 0 Å². The van der Waals surface area contributed by atoms with Crippen molar-refractivity contribution in [3.05, 3.63) is 23.8 Å². The third-order valence-electron chi connectivity index (χ3n) is 2.48. The van der Waals surface area contributed by atoms with Crippen molar-refractivity contribution in [2.45, 2.75) is 37.5 Å². The van der Waals surface area contributed by atoms with Gasteiger partial charge in [-0.25, -0.2) is 8.78 Å². The summed E-state index contributed by atoms with van der Waals surface area (Å²) in [6, 6.07) is 1.81. The van der Waals surface area contributed by atoms with Gasteiger partial charge in [-0.3, -0.25) is 4.21 Å². The minimum atomic E-state index is -1.49. The average Bonchev–Trinajstić information content (AvgIpc) is 2.29. The minimum absolute atomic E-state index is 0.0896. The van der Waals surface area contributed by atoms with Gasteiger partial charge in [-0.1, -0.05) is 26.2 Å². The van der Waals surface area contributed by atoms with E-state index in [1.807, 2.05) is 0 Å². The predicted octanol–water partition coefficient (Wildman–Crippen LogP) is 3.23. The molecule has 2 N–H and O–H groups in total. The number of nitrogens with two attached hydrogens (primary N) is 1. The number of halogens is 2. The molecular formula is C12H17F2NOS. The van der Waals surface area contributed by atoms with Crippen molar-refractivity contribution in [2.24, 2.45) is 0 Å². The van der Waals surface area contributed by atoms with Crippen LogP contribution in [0.1, 0.15) is 32.6 Å². The smallest absolute Gasteiger partial charge is 0.147 e. The first kappa shape index (κ1) is 14.1. The van der Waals surface area contributed by atoms with Gasteiger partial charge < -0.3 is 5.73 Å². The first-order valence-electron chi connectivity index (χ1n) is 5.69. The largest absolute Gasteiger partial charge is 0.396 e. The van der Waals surface area contributed by atoms with Gasteiger partial charge >= 0.3 is 0 Å². The first-order valence-corrected chi connectivity index (χ1v) is 7.01. The summed E-state index contributed by atoms with van der Waals surface area (Å²) < 4.78 is 38.3. The quantitative estimate of drug-likeness (QED) is 0.631. The van der Waals surface area contributed by atoms with Crippen molar-refractivity contribution < 1.29 is 13.0 Å². The maximum atomic E-state index is 13.4. The van der Waals surface area contributed by atoms with Gasteiger partial charge in [-0.15, -0.1) is 0 Å². The van der Waals surface area contributed by atoms with Crippen molar-refractivity contribution in [3.8, 4) is 0 Å². The molecule has 1 rings (SSSR count). The van der Waals surface area contributed by atoms with E-state index in [-0.39, 0.29) is 10.6 Å². The number of anilines is 1. The van der Waals surface area contributed by atoms with E-state index < -0.39 is 22.4 Å². The number of hydrogen-bond acceptors (Lipinski definition) is 2. The van der Waals surface area contributed by atoms with Crippen LogP contribution in [0, 0.1) is 11.6 Å². The summed E-state index contributed by atoms with van der Waals surface area (Å²) in [5.74, 6) is -1.05. The van der Waals surface area contributed by atoms with Gasteiger partial charge in [0.05, 0.1) is 21.4 Å². The van der Waals surface area contributed by atoms with E-state index in [2.05, 4.69) is 6.92 Å². The van der Waals surface area contributed by atoms with E-state index in [0.717, 1.165) is 37.8 Å². The summed E-state index contributed by atoms with van der Waals surface area (Å²) in [5.41, 5.74) is 4.96. The lowest BCUT2D eigenvalue weighted by Crippen LogP contribution is -2.03. The molecular weight excluding hydrogens is 244 g/mol. The third-order valence-corrected chi connectivity index (χ3v) is 3.94. The van der Waals surface area contributed by atoms with E-state index in [4.69, 9.17) is 5.73 Å². The predicted molar refractivity (Wildman–Crippen MR) is 66.2 cm³/mol. The Hall–Kier alpha value is -0.970. The Bertz CT molecular complexity index is 410. The highest BCUT2D eigenvalue weighted by Crippen LogP contribution is 2.20. The van der Waals surface area contributed by atoms with Gasteiger partial charge in [-0.2, -0.15) is 0 Å². The fourth-order valence-corrected chi connectivity index (χ4v) is 2.69. The molecule has 0 spiro atoms. The van der Waals surface area contributed by atoms with E-state index in [0.29, 0.717) is 5.75 Å². The SMILES string of the molecule is CCCCCCS(=O)c1cc(F)c(N)cc1F. The Labute approximate surface area is 103 Å². The van der Waals surface area contributed by atoms with Crippen LogP contribution in [0.15, 0.2) is 17.0 Å². The molecule has 1 aromatic rings. The highest BCUT2D eigenvalue weighted by atomic mass is 32.2. The molecule has 1 unspecified atom stereocenters.